The molecule has 1 aliphatic rings. The summed E-state index contributed by atoms with van der Waals surface area (Å²) in [5.74, 6) is 0.0954. The fourth-order valence-corrected chi connectivity index (χ4v) is 3.25. The maximum atomic E-state index is 12.5. The summed E-state index contributed by atoms with van der Waals surface area (Å²) >= 11 is 1.47. The van der Waals surface area contributed by atoms with Crippen LogP contribution in [0, 0.1) is 0 Å². The van der Waals surface area contributed by atoms with E-state index in [4.69, 9.17) is 0 Å². The van der Waals surface area contributed by atoms with Gasteiger partial charge in [0.25, 0.3) is 5.91 Å². The van der Waals surface area contributed by atoms with Crippen molar-refractivity contribution in [2.24, 2.45) is 0 Å². The van der Waals surface area contributed by atoms with Crippen LogP contribution in [0.1, 0.15) is 16.6 Å². The van der Waals surface area contributed by atoms with Gasteiger partial charge in [0.1, 0.15) is 9.88 Å². The van der Waals surface area contributed by atoms with E-state index in [-0.39, 0.29) is 30.7 Å². The Labute approximate surface area is 146 Å². The number of nitrogens with zero attached hydrogens (tertiary/aromatic N) is 2. The quantitative estimate of drug-likeness (QED) is 0.895. The van der Waals surface area contributed by atoms with Crippen LogP contribution in [0.4, 0.5) is 0 Å². The van der Waals surface area contributed by atoms with Crippen molar-refractivity contribution >= 4 is 42.1 Å². The average Bonchev–Trinajstić information content (AvgIpc) is 2.97. The molecule has 1 N–H and O–H groups in total. The minimum Gasteiger partial charge on any atom is -0.335 e. The summed E-state index contributed by atoms with van der Waals surface area (Å²) in [6.45, 7) is 4.48. The third-order valence-corrected chi connectivity index (χ3v) is 4.43. The zero-order chi connectivity index (χ0) is 13.9. The Morgan fingerprint density at radius 2 is 2.05 bits per heavy atom. The van der Waals surface area contributed by atoms with E-state index in [2.05, 4.69) is 17.2 Å². The van der Waals surface area contributed by atoms with Crippen molar-refractivity contribution in [1.29, 1.82) is 0 Å². The van der Waals surface area contributed by atoms with E-state index >= 15 is 0 Å². The van der Waals surface area contributed by atoms with Crippen molar-refractivity contribution in [3.63, 3.8) is 0 Å². The van der Waals surface area contributed by atoms with E-state index in [0.717, 1.165) is 35.1 Å². The lowest BCUT2D eigenvalue weighted by atomic mass is 10.2. The number of carbonyl (C=O) groups excluding carboxylic acids is 1. The number of halogens is 2. The van der Waals surface area contributed by atoms with Crippen molar-refractivity contribution in [1.82, 2.24) is 15.2 Å². The van der Waals surface area contributed by atoms with Gasteiger partial charge in [0.15, 0.2) is 0 Å². The third-order valence-electron chi connectivity index (χ3n) is 3.39. The van der Waals surface area contributed by atoms with Crippen LogP contribution in [-0.4, -0.2) is 41.5 Å². The number of carbonyl (C=O) groups is 1. The molecule has 1 aliphatic heterocycles. The Balaban J connectivity index is 0.00000121. The molecule has 4 nitrogen and oxygen atoms in total. The largest absolute Gasteiger partial charge is 0.335 e. The molecule has 120 valence electrons. The number of hydrogen-bond donors (Lipinski definition) is 1. The number of rotatable bonds is 2. The van der Waals surface area contributed by atoms with Gasteiger partial charge in [-0.25, -0.2) is 4.98 Å². The molecule has 2 heterocycles. The van der Waals surface area contributed by atoms with Crippen molar-refractivity contribution in [3.05, 3.63) is 41.4 Å². The van der Waals surface area contributed by atoms with E-state index in [0.29, 0.717) is 6.04 Å². The second-order valence-electron chi connectivity index (χ2n) is 5.00. The van der Waals surface area contributed by atoms with E-state index in [9.17, 15) is 4.79 Å². The van der Waals surface area contributed by atoms with Crippen LogP contribution >= 0.6 is 36.2 Å². The van der Waals surface area contributed by atoms with Crippen molar-refractivity contribution in [2.75, 3.05) is 19.6 Å². The summed E-state index contributed by atoms with van der Waals surface area (Å²) in [7, 11) is 0. The minimum absolute atomic E-state index is 0. The van der Waals surface area contributed by atoms with Gasteiger partial charge in [-0.1, -0.05) is 30.3 Å². The number of benzene rings is 1. The van der Waals surface area contributed by atoms with Gasteiger partial charge in [-0.3, -0.25) is 4.79 Å². The first-order valence-electron chi connectivity index (χ1n) is 6.78. The molecule has 0 saturated carbocycles. The lowest BCUT2D eigenvalue weighted by Crippen LogP contribution is -2.51. The monoisotopic (exact) mass is 359 g/mol. The maximum Gasteiger partial charge on any atom is 0.265 e. The molecule has 7 heteroatoms. The molecule has 1 amide bonds. The maximum absolute atomic E-state index is 12.5. The SMILES string of the molecule is CC1CN(C(=O)c2cnc(-c3ccccc3)s2)CCN1.Cl.Cl. The summed E-state index contributed by atoms with van der Waals surface area (Å²) in [4.78, 5) is 19.5. The van der Waals surface area contributed by atoms with Crippen molar-refractivity contribution in [2.45, 2.75) is 13.0 Å². The van der Waals surface area contributed by atoms with Crippen LogP contribution in [0.3, 0.4) is 0 Å². The second kappa shape index (κ2) is 8.48. The molecule has 0 radical (unpaired) electrons. The Hall–Kier alpha value is -1.14. The average molecular weight is 360 g/mol. The van der Waals surface area contributed by atoms with E-state index < -0.39 is 0 Å². The Morgan fingerprint density at radius 1 is 1.32 bits per heavy atom. The molecule has 22 heavy (non-hydrogen) atoms. The Bertz CT molecular complexity index is 606. The number of nitrogens with one attached hydrogen (secondary N) is 1. The molecule has 1 aromatic heterocycles. The highest BCUT2D eigenvalue weighted by molar-refractivity contribution is 7.16. The first-order valence-corrected chi connectivity index (χ1v) is 7.59. The molecule has 2 aromatic rings. The van der Waals surface area contributed by atoms with Gasteiger partial charge in [-0.15, -0.1) is 36.2 Å². The smallest absolute Gasteiger partial charge is 0.265 e. The molecule has 1 fully saturated rings. The molecule has 0 aliphatic carbocycles. The molecular formula is C15H19Cl2N3OS. The van der Waals surface area contributed by atoms with Crippen LogP contribution in [0.2, 0.25) is 0 Å². The van der Waals surface area contributed by atoms with E-state index in [1.165, 1.54) is 11.3 Å². The van der Waals surface area contributed by atoms with Crippen molar-refractivity contribution < 1.29 is 4.79 Å². The number of amides is 1. The summed E-state index contributed by atoms with van der Waals surface area (Å²) < 4.78 is 0. The molecule has 1 atom stereocenters. The fraction of sp³-hybridized carbons (Fsp3) is 0.333. The molecule has 1 saturated heterocycles. The molecule has 1 aromatic carbocycles. The van der Waals surface area contributed by atoms with E-state index in [1.807, 2.05) is 35.2 Å². The lowest BCUT2D eigenvalue weighted by molar-refractivity contribution is 0.0714. The van der Waals surface area contributed by atoms with Crippen LogP contribution in [-0.2, 0) is 0 Å². The van der Waals surface area contributed by atoms with Gasteiger partial charge in [-0.2, -0.15) is 0 Å². The highest BCUT2D eigenvalue weighted by Crippen LogP contribution is 2.25. The number of piperazine rings is 1. The van der Waals surface area contributed by atoms with Crippen molar-refractivity contribution in [3.8, 4) is 10.6 Å². The number of thiazole rings is 1. The zero-order valence-electron chi connectivity index (χ0n) is 12.2. The number of hydrogen-bond acceptors (Lipinski definition) is 4. The summed E-state index contributed by atoms with van der Waals surface area (Å²) in [5.41, 5.74) is 1.06. The first-order chi connectivity index (χ1) is 9.74. The Morgan fingerprint density at radius 3 is 2.73 bits per heavy atom. The van der Waals surface area contributed by atoms with Gasteiger partial charge in [0.05, 0.1) is 6.20 Å². The first kappa shape index (κ1) is 18.9. The lowest BCUT2D eigenvalue weighted by Gasteiger charge is -2.31. The summed E-state index contributed by atoms with van der Waals surface area (Å²) in [6.07, 6.45) is 1.70. The molecular weight excluding hydrogens is 341 g/mol. The van der Waals surface area contributed by atoms with Crippen LogP contribution in [0.5, 0.6) is 0 Å². The minimum atomic E-state index is 0. The highest BCUT2D eigenvalue weighted by atomic mass is 35.5. The second-order valence-corrected chi connectivity index (χ2v) is 6.03. The van der Waals surface area contributed by atoms with Gasteiger partial charge in [0, 0.05) is 31.2 Å². The van der Waals surface area contributed by atoms with Crippen LogP contribution in [0.15, 0.2) is 36.5 Å². The topological polar surface area (TPSA) is 45.2 Å². The van der Waals surface area contributed by atoms with Crippen LogP contribution in [0.25, 0.3) is 10.6 Å². The third kappa shape index (κ3) is 4.20. The summed E-state index contributed by atoms with van der Waals surface area (Å²) in [6, 6.07) is 10.3. The van der Waals surface area contributed by atoms with Gasteiger partial charge in [-0.05, 0) is 6.92 Å². The molecule has 0 bridgehead atoms. The van der Waals surface area contributed by atoms with Crippen LogP contribution < -0.4 is 5.32 Å². The van der Waals surface area contributed by atoms with Gasteiger partial charge < -0.3 is 10.2 Å². The zero-order valence-corrected chi connectivity index (χ0v) is 14.6. The molecule has 0 spiro atoms. The summed E-state index contributed by atoms with van der Waals surface area (Å²) in [5, 5.41) is 4.24. The van der Waals surface area contributed by atoms with Gasteiger partial charge >= 0.3 is 0 Å². The van der Waals surface area contributed by atoms with Gasteiger partial charge in [0.2, 0.25) is 0 Å². The highest BCUT2D eigenvalue weighted by Gasteiger charge is 2.23. The predicted octanol–water partition coefficient (Wildman–Crippen LogP) is 3.09. The normalized spacial score (nSPS) is 17.3. The number of aromatic nitrogens is 1. The van der Waals surface area contributed by atoms with E-state index in [1.54, 1.807) is 6.20 Å². The fourth-order valence-electron chi connectivity index (χ4n) is 2.36. The molecule has 3 rings (SSSR count). The Kier molecular flexibility index (Phi) is 7.29. The standard InChI is InChI=1S/C15H17N3OS.2ClH/c1-11-10-18(8-7-16-11)15(19)13-9-17-14(20-13)12-5-3-2-4-6-12;;/h2-6,9,11,16H,7-8,10H2,1H3;2*1H. The predicted molar refractivity (Wildman–Crippen MR) is 95.4 cm³/mol. The molecule has 1 unspecified atom stereocenters.